The molecule has 0 fully saturated rings. The summed E-state index contributed by atoms with van der Waals surface area (Å²) in [4.78, 5) is 4.11. The Balaban J connectivity index is 1.78. The predicted octanol–water partition coefficient (Wildman–Crippen LogP) is 2.37. The minimum absolute atomic E-state index is 0.430. The zero-order valence-electron chi connectivity index (χ0n) is 9.68. The predicted molar refractivity (Wildman–Crippen MR) is 67.6 cm³/mol. The van der Waals surface area contributed by atoms with E-state index < -0.39 is 0 Å². The fraction of sp³-hybridized carbons (Fsp3) is 0.417. The van der Waals surface area contributed by atoms with E-state index in [1.54, 1.807) is 11.3 Å². The van der Waals surface area contributed by atoms with Crippen molar-refractivity contribution in [3.05, 3.63) is 40.6 Å². The van der Waals surface area contributed by atoms with Crippen molar-refractivity contribution in [1.29, 1.82) is 0 Å². The van der Waals surface area contributed by atoms with Crippen molar-refractivity contribution >= 4 is 11.3 Å². The maximum absolute atomic E-state index is 4.11. The van der Waals surface area contributed by atoms with E-state index in [1.165, 1.54) is 11.3 Å². The number of hydrogen-bond donors (Lipinski definition) is 1. The topological polar surface area (TPSA) is 29.9 Å². The minimum atomic E-state index is 0.430. The molecule has 1 atom stereocenters. The van der Waals surface area contributed by atoms with Gasteiger partial charge in [0.15, 0.2) is 0 Å². The maximum atomic E-state index is 4.11. The Morgan fingerprint density at radius 3 is 3.06 bits per heavy atom. The second kappa shape index (κ2) is 5.27. The molecule has 0 aliphatic heterocycles. The highest BCUT2D eigenvalue weighted by molar-refractivity contribution is 7.07. The van der Waals surface area contributed by atoms with Gasteiger partial charge in [-0.3, -0.25) is 0 Å². The molecule has 0 bridgehead atoms. The quantitative estimate of drug-likeness (QED) is 0.862. The largest absolute Gasteiger partial charge is 0.338 e. The first-order valence-corrected chi connectivity index (χ1v) is 6.42. The van der Waals surface area contributed by atoms with Crippen molar-refractivity contribution in [1.82, 2.24) is 14.9 Å². The zero-order chi connectivity index (χ0) is 11.4. The van der Waals surface area contributed by atoms with Gasteiger partial charge in [-0.2, -0.15) is 11.3 Å². The molecule has 1 N–H and O–H groups in total. The summed E-state index contributed by atoms with van der Waals surface area (Å²) in [6, 6.07) is 2.60. The van der Waals surface area contributed by atoms with Crippen LogP contribution >= 0.6 is 11.3 Å². The van der Waals surface area contributed by atoms with Crippen LogP contribution in [0.2, 0.25) is 0 Å². The summed E-state index contributed by atoms with van der Waals surface area (Å²) in [5.41, 5.74) is 2.64. The van der Waals surface area contributed by atoms with Gasteiger partial charge in [-0.1, -0.05) is 0 Å². The Labute approximate surface area is 100 Å². The number of hydrogen-bond acceptors (Lipinski definition) is 3. The summed E-state index contributed by atoms with van der Waals surface area (Å²) in [5.74, 6) is 0. The van der Waals surface area contributed by atoms with E-state index in [1.807, 2.05) is 19.6 Å². The Morgan fingerprint density at radius 1 is 1.56 bits per heavy atom. The Bertz CT molecular complexity index is 419. The summed E-state index contributed by atoms with van der Waals surface area (Å²) >= 11 is 1.75. The summed E-state index contributed by atoms with van der Waals surface area (Å²) in [6.45, 7) is 3.18. The molecule has 1 unspecified atom stereocenters. The summed E-state index contributed by atoms with van der Waals surface area (Å²) in [6.07, 6.45) is 4.79. The van der Waals surface area contributed by atoms with E-state index in [0.717, 1.165) is 13.0 Å². The molecule has 0 aromatic carbocycles. The van der Waals surface area contributed by atoms with Gasteiger partial charge in [0, 0.05) is 37.9 Å². The number of thiophene rings is 1. The third-order valence-electron chi connectivity index (χ3n) is 2.79. The van der Waals surface area contributed by atoms with Gasteiger partial charge in [0.2, 0.25) is 0 Å². The second-order valence-corrected chi connectivity index (χ2v) is 4.76. The van der Waals surface area contributed by atoms with Crippen molar-refractivity contribution in [3.63, 3.8) is 0 Å². The average Bonchev–Trinajstić information content (AvgIpc) is 2.90. The molecule has 2 aromatic rings. The number of nitrogens with one attached hydrogen (secondary N) is 1. The molecule has 2 aromatic heterocycles. The van der Waals surface area contributed by atoms with Gasteiger partial charge in [-0.15, -0.1) is 0 Å². The molecule has 0 amide bonds. The van der Waals surface area contributed by atoms with Crippen LogP contribution in [0.15, 0.2) is 29.4 Å². The molecule has 86 valence electrons. The van der Waals surface area contributed by atoms with Crippen LogP contribution in [-0.4, -0.2) is 16.1 Å². The first-order valence-electron chi connectivity index (χ1n) is 5.48. The smallest absolute Gasteiger partial charge is 0.0945 e. The van der Waals surface area contributed by atoms with Crippen molar-refractivity contribution in [2.45, 2.75) is 19.4 Å². The number of aromatic nitrogens is 2. The van der Waals surface area contributed by atoms with Gasteiger partial charge in [-0.25, -0.2) is 4.98 Å². The molecule has 3 nitrogen and oxygen atoms in total. The molecular weight excluding hydrogens is 218 g/mol. The molecule has 16 heavy (non-hydrogen) atoms. The van der Waals surface area contributed by atoms with Gasteiger partial charge in [0.25, 0.3) is 0 Å². The Kier molecular flexibility index (Phi) is 3.74. The summed E-state index contributed by atoms with van der Waals surface area (Å²) in [7, 11) is 2.03. The van der Waals surface area contributed by atoms with Crippen molar-refractivity contribution in [2.75, 3.05) is 6.54 Å². The number of aryl methyl sites for hydroxylation is 1. The first-order chi connectivity index (χ1) is 7.77. The maximum Gasteiger partial charge on any atom is 0.0945 e. The number of imidazole rings is 1. The van der Waals surface area contributed by atoms with Crippen LogP contribution < -0.4 is 5.32 Å². The van der Waals surface area contributed by atoms with Crippen LogP contribution in [0.5, 0.6) is 0 Å². The minimum Gasteiger partial charge on any atom is -0.338 e. The highest BCUT2D eigenvalue weighted by Gasteiger charge is 2.05. The van der Waals surface area contributed by atoms with E-state index in [4.69, 9.17) is 0 Å². The van der Waals surface area contributed by atoms with Crippen LogP contribution in [0.25, 0.3) is 0 Å². The highest BCUT2D eigenvalue weighted by Crippen LogP contribution is 2.15. The number of rotatable bonds is 5. The third kappa shape index (κ3) is 2.71. The lowest BCUT2D eigenvalue weighted by Crippen LogP contribution is -2.21. The van der Waals surface area contributed by atoms with Crippen molar-refractivity contribution in [2.24, 2.45) is 7.05 Å². The fourth-order valence-electron chi connectivity index (χ4n) is 1.68. The SMILES string of the molecule is CC(NCCc1cncn1C)c1ccsc1. The second-order valence-electron chi connectivity index (χ2n) is 3.98. The molecule has 0 spiro atoms. The number of nitrogens with zero attached hydrogens (tertiary/aromatic N) is 2. The third-order valence-corrected chi connectivity index (χ3v) is 3.49. The zero-order valence-corrected chi connectivity index (χ0v) is 10.5. The fourth-order valence-corrected chi connectivity index (χ4v) is 2.44. The molecule has 0 saturated carbocycles. The van der Waals surface area contributed by atoms with E-state index in [0.29, 0.717) is 6.04 Å². The van der Waals surface area contributed by atoms with Crippen molar-refractivity contribution < 1.29 is 0 Å². The average molecular weight is 235 g/mol. The van der Waals surface area contributed by atoms with E-state index in [-0.39, 0.29) is 0 Å². The van der Waals surface area contributed by atoms with Crippen molar-refractivity contribution in [3.8, 4) is 0 Å². The Morgan fingerprint density at radius 2 is 2.44 bits per heavy atom. The van der Waals surface area contributed by atoms with E-state index >= 15 is 0 Å². The van der Waals surface area contributed by atoms with E-state index in [2.05, 4.69) is 38.6 Å². The lowest BCUT2D eigenvalue weighted by molar-refractivity contribution is 0.570. The standard InChI is InChI=1S/C12H17N3S/c1-10(11-4-6-16-8-11)14-5-3-12-7-13-9-15(12)2/h4,6-10,14H,3,5H2,1-2H3. The first kappa shape index (κ1) is 11.4. The molecule has 0 aliphatic rings. The lowest BCUT2D eigenvalue weighted by Gasteiger charge is -2.12. The van der Waals surface area contributed by atoms with Crippen LogP contribution in [-0.2, 0) is 13.5 Å². The molecule has 2 rings (SSSR count). The summed E-state index contributed by atoms with van der Waals surface area (Å²) < 4.78 is 2.07. The lowest BCUT2D eigenvalue weighted by atomic mass is 10.2. The molecule has 0 radical (unpaired) electrons. The highest BCUT2D eigenvalue weighted by atomic mass is 32.1. The van der Waals surface area contributed by atoms with Crippen LogP contribution in [0.4, 0.5) is 0 Å². The van der Waals surface area contributed by atoms with E-state index in [9.17, 15) is 0 Å². The van der Waals surface area contributed by atoms with Gasteiger partial charge < -0.3 is 9.88 Å². The van der Waals surface area contributed by atoms with Gasteiger partial charge in [-0.05, 0) is 29.3 Å². The van der Waals surface area contributed by atoms with Crippen LogP contribution in [0, 0.1) is 0 Å². The molecule has 0 aliphatic carbocycles. The summed E-state index contributed by atoms with van der Waals surface area (Å²) in [5, 5.41) is 7.83. The van der Waals surface area contributed by atoms with Gasteiger partial charge in [0.1, 0.15) is 0 Å². The molecule has 0 saturated heterocycles. The van der Waals surface area contributed by atoms with Crippen LogP contribution in [0.3, 0.4) is 0 Å². The molecule has 4 heteroatoms. The van der Waals surface area contributed by atoms with Gasteiger partial charge >= 0.3 is 0 Å². The molecular formula is C12H17N3S. The monoisotopic (exact) mass is 235 g/mol. The van der Waals surface area contributed by atoms with Gasteiger partial charge in [0.05, 0.1) is 6.33 Å². The molecule has 2 heterocycles. The van der Waals surface area contributed by atoms with Crippen LogP contribution in [0.1, 0.15) is 24.2 Å². The Hall–Kier alpha value is -1.13. The normalized spacial score (nSPS) is 12.9.